The molecule has 6 heteroatoms. The van der Waals surface area contributed by atoms with Gasteiger partial charge in [0.2, 0.25) is 0 Å². The van der Waals surface area contributed by atoms with Crippen LogP contribution in [-0.4, -0.2) is 44.9 Å². The zero-order chi connectivity index (χ0) is 18.2. The van der Waals surface area contributed by atoms with E-state index >= 15 is 0 Å². The summed E-state index contributed by atoms with van der Waals surface area (Å²) in [5.74, 6) is 0.544. The van der Waals surface area contributed by atoms with Crippen molar-refractivity contribution in [3.05, 3.63) is 64.6 Å². The van der Waals surface area contributed by atoms with Gasteiger partial charge in [0.05, 0.1) is 6.61 Å². The molecule has 2 atom stereocenters. The fraction of sp³-hybridized carbons (Fsp3) is 0.350. The van der Waals surface area contributed by atoms with Gasteiger partial charge in [0.15, 0.2) is 6.61 Å². The molecule has 0 saturated carbocycles. The van der Waals surface area contributed by atoms with Gasteiger partial charge in [-0.1, -0.05) is 46.3 Å². The van der Waals surface area contributed by atoms with Crippen LogP contribution in [0.3, 0.4) is 0 Å². The second-order valence-corrected chi connectivity index (χ2v) is 7.32. The van der Waals surface area contributed by atoms with E-state index in [-0.39, 0.29) is 18.6 Å². The number of ether oxygens (including phenoxy) is 2. The number of hydrogen-bond donors (Lipinski definition) is 2. The Morgan fingerprint density at radius 1 is 1.19 bits per heavy atom. The number of benzene rings is 2. The summed E-state index contributed by atoms with van der Waals surface area (Å²) in [6, 6.07) is 17.9. The lowest BCUT2D eigenvalue weighted by atomic mass is 10.2. The normalized spacial score (nSPS) is 19.7. The molecular weight excluding hydrogens is 396 g/mol. The van der Waals surface area contributed by atoms with Crippen LogP contribution >= 0.6 is 15.9 Å². The Kier molecular flexibility index (Phi) is 7.05. The van der Waals surface area contributed by atoms with E-state index in [9.17, 15) is 4.79 Å². The van der Waals surface area contributed by atoms with Crippen molar-refractivity contribution in [1.29, 1.82) is 0 Å². The number of quaternary nitrogens is 1. The van der Waals surface area contributed by atoms with E-state index < -0.39 is 0 Å². The third-order valence-electron chi connectivity index (χ3n) is 4.33. The first-order valence-corrected chi connectivity index (χ1v) is 9.62. The molecule has 26 heavy (non-hydrogen) atoms. The van der Waals surface area contributed by atoms with Crippen LogP contribution in [0, 0.1) is 0 Å². The van der Waals surface area contributed by atoms with E-state index in [2.05, 4.69) is 45.5 Å². The molecule has 0 spiro atoms. The number of nitrogens with one attached hydrogen (secondary N) is 2. The van der Waals surface area contributed by atoms with Gasteiger partial charge >= 0.3 is 0 Å². The number of rotatable bonds is 7. The number of hydrogen-bond acceptors (Lipinski definition) is 3. The van der Waals surface area contributed by atoms with Gasteiger partial charge in [-0.25, -0.2) is 0 Å². The minimum atomic E-state index is -0.133. The maximum absolute atomic E-state index is 12.0. The first-order valence-electron chi connectivity index (χ1n) is 8.83. The molecule has 5 nitrogen and oxygen atoms in total. The second-order valence-electron chi connectivity index (χ2n) is 6.41. The predicted octanol–water partition coefficient (Wildman–Crippen LogP) is 1.43. The lowest BCUT2D eigenvalue weighted by Gasteiger charge is -2.30. The Morgan fingerprint density at radius 2 is 1.96 bits per heavy atom. The Hall–Kier alpha value is -1.89. The van der Waals surface area contributed by atoms with Gasteiger partial charge in [0, 0.05) is 16.6 Å². The number of halogens is 1. The van der Waals surface area contributed by atoms with Crippen LogP contribution in [0.25, 0.3) is 0 Å². The van der Waals surface area contributed by atoms with Gasteiger partial charge in [-0.2, -0.15) is 0 Å². The minimum absolute atomic E-state index is 0.00887. The predicted molar refractivity (Wildman–Crippen MR) is 103 cm³/mol. The molecule has 138 valence electrons. The summed E-state index contributed by atoms with van der Waals surface area (Å²) in [5, 5.41) is 2.91. The summed E-state index contributed by atoms with van der Waals surface area (Å²) in [6.45, 7) is 4.12. The molecule has 0 aromatic heterocycles. The molecule has 1 saturated heterocycles. The number of carbonyl (C=O) groups is 1. The second kappa shape index (κ2) is 9.71. The Balaban J connectivity index is 1.38. The van der Waals surface area contributed by atoms with Crippen molar-refractivity contribution in [3.8, 4) is 5.75 Å². The zero-order valence-corrected chi connectivity index (χ0v) is 16.2. The molecule has 2 N–H and O–H groups in total. The van der Waals surface area contributed by atoms with E-state index in [1.807, 2.05) is 30.3 Å². The smallest absolute Gasteiger partial charge is 0.258 e. The van der Waals surface area contributed by atoms with Crippen molar-refractivity contribution in [2.24, 2.45) is 0 Å². The van der Waals surface area contributed by atoms with E-state index in [0.29, 0.717) is 12.3 Å². The fourth-order valence-corrected chi connectivity index (χ4v) is 3.25. The topological polar surface area (TPSA) is 52.0 Å². The highest BCUT2D eigenvalue weighted by Crippen LogP contribution is 2.15. The molecule has 3 rings (SSSR count). The highest BCUT2D eigenvalue weighted by Gasteiger charge is 2.24. The van der Waals surface area contributed by atoms with E-state index in [1.54, 1.807) is 0 Å². The van der Waals surface area contributed by atoms with E-state index in [1.165, 1.54) is 10.5 Å². The third-order valence-corrected chi connectivity index (χ3v) is 4.86. The lowest BCUT2D eigenvalue weighted by molar-refractivity contribution is -0.925. The molecule has 1 amide bonds. The van der Waals surface area contributed by atoms with Crippen LogP contribution in [0.15, 0.2) is 59.1 Å². The standard InChI is InChI=1S/C20H23BrN2O3/c21-17-6-8-18(9-7-17)26-15-20(24)22-12-19-14-23(10-11-25-19)13-16-4-2-1-3-5-16/h1-9,19H,10-15H2,(H,22,24)/p+1/t19-/m0/s1. The largest absolute Gasteiger partial charge is 0.484 e. The van der Waals surface area contributed by atoms with Gasteiger partial charge in [0.25, 0.3) is 5.91 Å². The first kappa shape index (κ1) is 18.9. The monoisotopic (exact) mass is 419 g/mol. The molecule has 0 aliphatic carbocycles. The summed E-state index contributed by atoms with van der Waals surface area (Å²) >= 11 is 3.37. The SMILES string of the molecule is O=C(COc1ccc(Br)cc1)NC[C@H]1C[NH+](Cc2ccccc2)CCO1. The fourth-order valence-electron chi connectivity index (χ4n) is 2.99. The summed E-state index contributed by atoms with van der Waals surface area (Å²) in [4.78, 5) is 13.5. The van der Waals surface area contributed by atoms with Gasteiger partial charge in [-0.05, 0) is 24.3 Å². The summed E-state index contributed by atoms with van der Waals surface area (Å²) in [5.41, 5.74) is 1.33. The molecule has 2 aromatic rings. The number of amides is 1. The van der Waals surface area contributed by atoms with Crippen molar-refractivity contribution in [2.75, 3.05) is 32.8 Å². The minimum Gasteiger partial charge on any atom is -0.484 e. The van der Waals surface area contributed by atoms with Crippen LogP contribution in [0.4, 0.5) is 0 Å². The number of carbonyl (C=O) groups excluding carboxylic acids is 1. The average molecular weight is 420 g/mol. The highest BCUT2D eigenvalue weighted by molar-refractivity contribution is 9.10. The van der Waals surface area contributed by atoms with Crippen LogP contribution in [0.5, 0.6) is 5.75 Å². The molecule has 1 aliphatic rings. The summed E-state index contributed by atoms with van der Waals surface area (Å²) < 4.78 is 12.3. The Morgan fingerprint density at radius 3 is 2.73 bits per heavy atom. The number of morpholine rings is 1. The molecule has 1 heterocycles. The van der Waals surface area contributed by atoms with Gasteiger partial charge in [0.1, 0.15) is 31.5 Å². The maximum Gasteiger partial charge on any atom is 0.258 e. The van der Waals surface area contributed by atoms with Crippen molar-refractivity contribution in [2.45, 2.75) is 12.6 Å². The van der Waals surface area contributed by atoms with Crippen molar-refractivity contribution >= 4 is 21.8 Å². The van der Waals surface area contributed by atoms with Crippen molar-refractivity contribution < 1.29 is 19.2 Å². The van der Waals surface area contributed by atoms with Crippen molar-refractivity contribution in [3.63, 3.8) is 0 Å². The van der Waals surface area contributed by atoms with Crippen LogP contribution in [-0.2, 0) is 16.1 Å². The molecule has 1 fully saturated rings. The molecule has 1 unspecified atom stereocenters. The van der Waals surface area contributed by atoms with Crippen LogP contribution in [0.1, 0.15) is 5.56 Å². The zero-order valence-electron chi connectivity index (χ0n) is 14.6. The molecule has 2 aromatic carbocycles. The Bertz CT molecular complexity index is 694. The third kappa shape index (κ3) is 6.12. The van der Waals surface area contributed by atoms with E-state index in [4.69, 9.17) is 9.47 Å². The van der Waals surface area contributed by atoms with Gasteiger partial charge < -0.3 is 19.7 Å². The van der Waals surface area contributed by atoms with E-state index in [0.717, 1.165) is 30.7 Å². The lowest BCUT2D eigenvalue weighted by Crippen LogP contribution is -3.13. The summed E-state index contributed by atoms with van der Waals surface area (Å²) in [6.07, 6.45) is 0.0408. The maximum atomic E-state index is 12.0. The molecular formula is C20H24BrN2O3+. The quantitative estimate of drug-likeness (QED) is 0.713. The molecule has 1 aliphatic heterocycles. The first-order chi connectivity index (χ1) is 12.7. The molecule has 0 radical (unpaired) electrons. The van der Waals surface area contributed by atoms with Crippen molar-refractivity contribution in [1.82, 2.24) is 5.32 Å². The average Bonchev–Trinajstić information content (AvgIpc) is 2.67. The van der Waals surface area contributed by atoms with Gasteiger partial charge in [-0.3, -0.25) is 4.79 Å². The summed E-state index contributed by atoms with van der Waals surface area (Å²) in [7, 11) is 0. The molecule has 0 bridgehead atoms. The van der Waals surface area contributed by atoms with Crippen LogP contribution < -0.4 is 15.0 Å². The Labute approximate surface area is 162 Å². The highest BCUT2D eigenvalue weighted by atomic mass is 79.9. The van der Waals surface area contributed by atoms with Gasteiger partial charge in [-0.15, -0.1) is 0 Å². The van der Waals surface area contributed by atoms with Crippen LogP contribution in [0.2, 0.25) is 0 Å².